The van der Waals surface area contributed by atoms with E-state index in [4.69, 9.17) is 9.47 Å². The van der Waals surface area contributed by atoms with Crippen LogP contribution in [0.15, 0.2) is 48.5 Å². The number of hydrogen-bond donors (Lipinski definition) is 1. The van der Waals surface area contributed by atoms with E-state index in [2.05, 4.69) is 5.32 Å². The predicted octanol–water partition coefficient (Wildman–Crippen LogP) is 4.09. The minimum atomic E-state index is -0.235. The third kappa shape index (κ3) is 4.86. The largest absolute Gasteiger partial charge is 0.491 e. The van der Waals surface area contributed by atoms with Crippen molar-refractivity contribution < 1.29 is 18.7 Å². The molecular weight excluding hydrogens is 345 g/mol. The van der Waals surface area contributed by atoms with Crippen LogP contribution in [0.3, 0.4) is 0 Å². The highest BCUT2D eigenvalue weighted by Crippen LogP contribution is 2.40. The first-order valence-corrected chi connectivity index (χ1v) is 9.39. The van der Waals surface area contributed by atoms with E-state index in [1.54, 1.807) is 19.2 Å². The summed E-state index contributed by atoms with van der Waals surface area (Å²) < 4.78 is 23.8. The number of benzene rings is 2. The molecular formula is C22H26FNO3. The number of ether oxygens (including phenoxy) is 2. The molecule has 2 aromatic rings. The van der Waals surface area contributed by atoms with Gasteiger partial charge in [-0.15, -0.1) is 0 Å². The summed E-state index contributed by atoms with van der Waals surface area (Å²) in [6.07, 6.45) is 4.24. The van der Waals surface area contributed by atoms with E-state index in [9.17, 15) is 9.18 Å². The predicted molar refractivity (Wildman–Crippen MR) is 103 cm³/mol. The summed E-state index contributed by atoms with van der Waals surface area (Å²) in [5.74, 6) is 0.288. The maximum atomic E-state index is 13.3. The number of amides is 1. The molecule has 3 rings (SSSR count). The maximum absolute atomic E-state index is 13.3. The Bertz CT molecular complexity index is 754. The van der Waals surface area contributed by atoms with Crippen LogP contribution in [0.4, 0.5) is 4.39 Å². The second-order valence-electron chi connectivity index (χ2n) is 7.05. The molecule has 1 saturated carbocycles. The van der Waals surface area contributed by atoms with Gasteiger partial charge < -0.3 is 14.8 Å². The molecule has 0 spiro atoms. The van der Waals surface area contributed by atoms with Gasteiger partial charge in [0.05, 0.1) is 6.61 Å². The number of carbonyl (C=O) groups excluding carboxylic acids is 1. The third-order valence-electron chi connectivity index (χ3n) is 5.26. The van der Waals surface area contributed by atoms with Crippen molar-refractivity contribution in [3.8, 4) is 5.75 Å². The molecule has 0 atom stereocenters. The van der Waals surface area contributed by atoms with E-state index in [1.807, 2.05) is 24.3 Å². The maximum Gasteiger partial charge on any atom is 0.251 e. The van der Waals surface area contributed by atoms with Gasteiger partial charge in [0.2, 0.25) is 0 Å². The van der Waals surface area contributed by atoms with Crippen LogP contribution in [0.2, 0.25) is 0 Å². The Balaban J connectivity index is 1.66. The molecule has 4 nitrogen and oxygen atoms in total. The number of hydrogen-bond acceptors (Lipinski definition) is 3. The van der Waals surface area contributed by atoms with Gasteiger partial charge in [0.15, 0.2) is 0 Å². The fourth-order valence-electron chi connectivity index (χ4n) is 3.74. The molecule has 0 heterocycles. The Morgan fingerprint density at radius 1 is 1.11 bits per heavy atom. The van der Waals surface area contributed by atoms with Crippen molar-refractivity contribution in [1.82, 2.24) is 5.32 Å². The second kappa shape index (κ2) is 9.00. The molecule has 5 heteroatoms. The molecule has 1 aliphatic carbocycles. The Morgan fingerprint density at radius 2 is 1.85 bits per heavy atom. The van der Waals surface area contributed by atoms with Crippen LogP contribution < -0.4 is 10.1 Å². The van der Waals surface area contributed by atoms with Crippen molar-refractivity contribution in [1.29, 1.82) is 0 Å². The van der Waals surface area contributed by atoms with Crippen molar-refractivity contribution >= 4 is 5.91 Å². The Labute approximate surface area is 159 Å². The van der Waals surface area contributed by atoms with Crippen LogP contribution in [0.25, 0.3) is 0 Å². The van der Waals surface area contributed by atoms with E-state index in [1.165, 1.54) is 12.1 Å². The minimum Gasteiger partial charge on any atom is -0.491 e. The smallest absolute Gasteiger partial charge is 0.251 e. The first-order chi connectivity index (χ1) is 13.1. The van der Waals surface area contributed by atoms with E-state index >= 15 is 0 Å². The van der Waals surface area contributed by atoms with Gasteiger partial charge in [-0.25, -0.2) is 4.39 Å². The average molecular weight is 371 g/mol. The number of carbonyl (C=O) groups is 1. The van der Waals surface area contributed by atoms with E-state index in [-0.39, 0.29) is 17.1 Å². The summed E-state index contributed by atoms with van der Waals surface area (Å²) in [7, 11) is 1.62. The molecule has 0 unspecified atom stereocenters. The van der Waals surface area contributed by atoms with Gasteiger partial charge in [0, 0.05) is 24.6 Å². The summed E-state index contributed by atoms with van der Waals surface area (Å²) in [6, 6.07) is 13.8. The summed E-state index contributed by atoms with van der Waals surface area (Å²) in [4.78, 5) is 12.7. The fraction of sp³-hybridized carbons (Fsp3) is 0.409. The lowest BCUT2D eigenvalue weighted by Crippen LogP contribution is -2.39. The Hall–Kier alpha value is -2.40. The first-order valence-electron chi connectivity index (χ1n) is 9.39. The lowest BCUT2D eigenvalue weighted by atomic mass is 9.78. The summed E-state index contributed by atoms with van der Waals surface area (Å²) >= 11 is 0. The molecule has 27 heavy (non-hydrogen) atoms. The van der Waals surface area contributed by atoms with Gasteiger partial charge in [0.1, 0.15) is 18.2 Å². The van der Waals surface area contributed by atoms with Crippen molar-refractivity contribution in [2.45, 2.75) is 31.1 Å². The van der Waals surface area contributed by atoms with Crippen LogP contribution in [0.5, 0.6) is 5.75 Å². The zero-order chi connectivity index (χ0) is 19.1. The molecule has 0 aliphatic heterocycles. The number of nitrogens with one attached hydrogen (secondary N) is 1. The van der Waals surface area contributed by atoms with Gasteiger partial charge in [-0.1, -0.05) is 31.0 Å². The first kappa shape index (κ1) is 19.4. The summed E-state index contributed by atoms with van der Waals surface area (Å²) in [6.45, 7) is 1.48. The molecule has 1 aliphatic rings. The molecule has 1 N–H and O–H groups in total. The summed E-state index contributed by atoms with van der Waals surface area (Å²) in [5.41, 5.74) is 1.55. The minimum absolute atomic E-state index is 0.115. The second-order valence-corrected chi connectivity index (χ2v) is 7.05. The van der Waals surface area contributed by atoms with Gasteiger partial charge in [-0.2, -0.15) is 0 Å². The zero-order valence-electron chi connectivity index (χ0n) is 15.7. The molecule has 1 fully saturated rings. The Morgan fingerprint density at radius 3 is 2.56 bits per heavy atom. The topological polar surface area (TPSA) is 47.6 Å². The monoisotopic (exact) mass is 371 g/mol. The molecule has 2 aromatic carbocycles. The molecule has 0 bridgehead atoms. The normalized spacial score (nSPS) is 15.5. The van der Waals surface area contributed by atoms with Gasteiger partial charge in [-0.05, 0) is 48.7 Å². The van der Waals surface area contributed by atoms with Gasteiger partial charge in [0.25, 0.3) is 5.91 Å². The molecule has 1 amide bonds. The van der Waals surface area contributed by atoms with E-state index in [0.717, 1.165) is 31.2 Å². The number of rotatable bonds is 8. The lowest BCUT2D eigenvalue weighted by Gasteiger charge is -2.30. The van der Waals surface area contributed by atoms with Crippen molar-refractivity contribution in [2.24, 2.45) is 0 Å². The van der Waals surface area contributed by atoms with Gasteiger partial charge >= 0.3 is 0 Å². The van der Waals surface area contributed by atoms with Crippen LogP contribution >= 0.6 is 0 Å². The van der Waals surface area contributed by atoms with Gasteiger partial charge in [-0.3, -0.25) is 4.79 Å². The van der Waals surface area contributed by atoms with Crippen LogP contribution in [-0.2, 0) is 10.2 Å². The SMILES string of the molecule is COCCOc1cccc(C(=O)NCC2(c3ccc(F)cc3)CCCC2)c1. The highest BCUT2D eigenvalue weighted by Gasteiger charge is 2.36. The highest BCUT2D eigenvalue weighted by molar-refractivity contribution is 5.94. The lowest BCUT2D eigenvalue weighted by molar-refractivity contribution is 0.0942. The van der Waals surface area contributed by atoms with E-state index in [0.29, 0.717) is 31.1 Å². The third-order valence-corrected chi connectivity index (χ3v) is 5.26. The van der Waals surface area contributed by atoms with Crippen LogP contribution in [0.1, 0.15) is 41.6 Å². The average Bonchev–Trinajstić information content (AvgIpc) is 3.17. The highest BCUT2D eigenvalue weighted by atomic mass is 19.1. The number of halogens is 1. The fourth-order valence-corrected chi connectivity index (χ4v) is 3.74. The molecule has 0 saturated heterocycles. The van der Waals surface area contributed by atoms with Crippen molar-refractivity contribution in [2.75, 3.05) is 26.9 Å². The standard InChI is InChI=1S/C22H26FNO3/c1-26-13-14-27-20-6-4-5-17(15-20)21(25)24-16-22(11-2-3-12-22)18-7-9-19(23)10-8-18/h4-10,15H,2-3,11-14,16H2,1H3,(H,24,25). The molecule has 144 valence electrons. The van der Waals surface area contributed by atoms with E-state index < -0.39 is 0 Å². The van der Waals surface area contributed by atoms with Crippen LogP contribution in [-0.4, -0.2) is 32.8 Å². The van der Waals surface area contributed by atoms with Crippen molar-refractivity contribution in [3.05, 3.63) is 65.5 Å². The number of methoxy groups -OCH3 is 1. The van der Waals surface area contributed by atoms with Crippen LogP contribution in [0, 0.1) is 5.82 Å². The quantitative estimate of drug-likeness (QED) is 0.711. The van der Waals surface area contributed by atoms with Crippen molar-refractivity contribution in [3.63, 3.8) is 0 Å². The molecule has 0 radical (unpaired) electrons. The zero-order valence-corrected chi connectivity index (χ0v) is 15.7. The Kier molecular flexibility index (Phi) is 6.45. The molecule has 0 aromatic heterocycles. The summed E-state index contributed by atoms with van der Waals surface area (Å²) in [5, 5.41) is 3.08.